The Morgan fingerprint density at radius 1 is 1.19 bits per heavy atom. The van der Waals surface area contributed by atoms with Gasteiger partial charge in [-0.25, -0.2) is 9.97 Å². The molecule has 2 heterocycles. The van der Waals surface area contributed by atoms with E-state index in [-0.39, 0.29) is 0 Å². The van der Waals surface area contributed by atoms with Crippen LogP contribution in [0.15, 0.2) is 36.8 Å². The highest BCUT2D eigenvalue weighted by Crippen LogP contribution is 2.18. The molecule has 0 unspecified atom stereocenters. The van der Waals surface area contributed by atoms with Crippen LogP contribution in [0.3, 0.4) is 0 Å². The van der Waals surface area contributed by atoms with Crippen LogP contribution in [-0.4, -0.2) is 33.4 Å². The Morgan fingerprint density at radius 3 is 2.76 bits per heavy atom. The van der Waals surface area contributed by atoms with Crippen LogP contribution in [0.2, 0.25) is 0 Å². The highest BCUT2D eigenvalue weighted by molar-refractivity contribution is 5.85. The number of nitrogens with one attached hydrogen (secondary N) is 1. The number of fused-ring (bicyclic) bond motifs is 1. The lowest BCUT2D eigenvalue weighted by Gasteiger charge is -2.07. The van der Waals surface area contributed by atoms with Gasteiger partial charge in [-0.2, -0.15) is 5.10 Å². The molecule has 1 aromatic carbocycles. The third-order valence-corrected chi connectivity index (χ3v) is 3.39. The summed E-state index contributed by atoms with van der Waals surface area (Å²) in [6.07, 6.45) is 4.25. The van der Waals surface area contributed by atoms with E-state index in [9.17, 15) is 0 Å². The van der Waals surface area contributed by atoms with Crippen LogP contribution in [0.25, 0.3) is 11.0 Å². The van der Waals surface area contributed by atoms with Gasteiger partial charge in [0.1, 0.15) is 17.9 Å². The number of hydrogen-bond acceptors (Lipinski definition) is 5. The van der Waals surface area contributed by atoms with Crippen molar-refractivity contribution in [2.75, 3.05) is 19.0 Å². The molecule has 0 saturated carbocycles. The number of rotatable bonds is 5. The molecule has 6 heteroatoms. The molecule has 0 aliphatic rings. The fraction of sp³-hybridized carbons (Fsp3) is 0.267. The smallest absolute Gasteiger partial charge is 0.163 e. The summed E-state index contributed by atoms with van der Waals surface area (Å²) in [5, 5.41) is 8.48. The van der Waals surface area contributed by atoms with Gasteiger partial charge in [0.05, 0.1) is 18.7 Å². The molecule has 0 atom stereocenters. The molecule has 0 amide bonds. The molecular formula is C15H17N5O. The van der Waals surface area contributed by atoms with Crippen LogP contribution in [0.5, 0.6) is 5.75 Å². The fourth-order valence-electron chi connectivity index (χ4n) is 2.22. The van der Waals surface area contributed by atoms with Gasteiger partial charge >= 0.3 is 0 Å². The summed E-state index contributed by atoms with van der Waals surface area (Å²) in [6, 6.07) is 8.08. The summed E-state index contributed by atoms with van der Waals surface area (Å²) in [4.78, 5) is 8.51. The highest BCUT2D eigenvalue weighted by Gasteiger charge is 2.06. The maximum atomic E-state index is 5.15. The Morgan fingerprint density at radius 2 is 2.00 bits per heavy atom. The van der Waals surface area contributed by atoms with Gasteiger partial charge in [-0.3, -0.25) is 4.68 Å². The van der Waals surface area contributed by atoms with Crippen molar-refractivity contribution in [1.29, 1.82) is 0 Å². The van der Waals surface area contributed by atoms with Crippen molar-refractivity contribution < 1.29 is 4.74 Å². The van der Waals surface area contributed by atoms with E-state index in [0.29, 0.717) is 0 Å². The van der Waals surface area contributed by atoms with Crippen LogP contribution in [0.4, 0.5) is 5.82 Å². The zero-order valence-electron chi connectivity index (χ0n) is 12.1. The van der Waals surface area contributed by atoms with Crippen LogP contribution < -0.4 is 10.1 Å². The second kappa shape index (κ2) is 5.78. The first-order valence-corrected chi connectivity index (χ1v) is 6.77. The van der Waals surface area contributed by atoms with Gasteiger partial charge in [0.15, 0.2) is 5.65 Å². The maximum absolute atomic E-state index is 5.15. The summed E-state index contributed by atoms with van der Waals surface area (Å²) in [6.45, 7) is 0.799. The Kier molecular flexibility index (Phi) is 3.68. The summed E-state index contributed by atoms with van der Waals surface area (Å²) >= 11 is 0. The summed E-state index contributed by atoms with van der Waals surface area (Å²) < 4.78 is 6.89. The third-order valence-electron chi connectivity index (χ3n) is 3.39. The SMILES string of the molecule is COc1ccc(CCNc2ncnc3c2cnn3C)cc1. The molecule has 0 fully saturated rings. The maximum Gasteiger partial charge on any atom is 0.163 e. The Balaban J connectivity index is 1.66. The minimum absolute atomic E-state index is 0.799. The zero-order chi connectivity index (χ0) is 14.7. The van der Waals surface area contributed by atoms with Gasteiger partial charge in [-0.05, 0) is 24.1 Å². The molecule has 21 heavy (non-hydrogen) atoms. The molecular weight excluding hydrogens is 266 g/mol. The summed E-state index contributed by atoms with van der Waals surface area (Å²) in [5.74, 6) is 1.70. The molecule has 0 spiro atoms. The van der Waals surface area contributed by atoms with E-state index in [2.05, 4.69) is 32.5 Å². The Hall–Kier alpha value is -2.63. The number of aryl methyl sites for hydroxylation is 1. The number of hydrogen-bond donors (Lipinski definition) is 1. The number of nitrogens with zero attached hydrogens (tertiary/aromatic N) is 4. The largest absolute Gasteiger partial charge is 0.497 e. The molecule has 0 aliphatic carbocycles. The summed E-state index contributed by atoms with van der Waals surface area (Å²) in [5.41, 5.74) is 2.08. The van der Waals surface area contributed by atoms with Crippen molar-refractivity contribution in [2.24, 2.45) is 7.05 Å². The van der Waals surface area contributed by atoms with E-state index in [0.717, 1.165) is 35.6 Å². The first kappa shape index (κ1) is 13.4. The van der Waals surface area contributed by atoms with Crippen LogP contribution in [0.1, 0.15) is 5.56 Å². The first-order valence-electron chi connectivity index (χ1n) is 6.77. The quantitative estimate of drug-likeness (QED) is 0.776. The summed E-state index contributed by atoms with van der Waals surface area (Å²) in [7, 11) is 3.54. The third kappa shape index (κ3) is 2.79. The molecule has 0 bridgehead atoms. The second-order valence-electron chi connectivity index (χ2n) is 4.75. The van der Waals surface area contributed by atoms with E-state index < -0.39 is 0 Å². The topological polar surface area (TPSA) is 64.9 Å². The van der Waals surface area contributed by atoms with Crippen molar-refractivity contribution in [3.05, 3.63) is 42.4 Å². The van der Waals surface area contributed by atoms with Gasteiger partial charge < -0.3 is 10.1 Å². The molecule has 1 N–H and O–H groups in total. The number of methoxy groups -OCH3 is 1. The predicted molar refractivity (Wildman–Crippen MR) is 81.5 cm³/mol. The molecule has 0 aliphatic heterocycles. The normalized spacial score (nSPS) is 10.8. The number of ether oxygens (including phenoxy) is 1. The number of anilines is 1. The molecule has 6 nitrogen and oxygen atoms in total. The highest BCUT2D eigenvalue weighted by atomic mass is 16.5. The lowest BCUT2D eigenvalue weighted by Crippen LogP contribution is -2.07. The van der Waals surface area contributed by atoms with Crippen molar-refractivity contribution in [3.8, 4) is 5.75 Å². The van der Waals surface area contributed by atoms with Gasteiger partial charge in [0.2, 0.25) is 0 Å². The van der Waals surface area contributed by atoms with Crippen molar-refractivity contribution in [1.82, 2.24) is 19.7 Å². The van der Waals surface area contributed by atoms with E-state index in [1.807, 2.05) is 19.2 Å². The Labute approximate surface area is 122 Å². The van der Waals surface area contributed by atoms with E-state index in [4.69, 9.17) is 4.74 Å². The van der Waals surface area contributed by atoms with Crippen LogP contribution >= 0.6 is 0 Å². The lowest BCUT2D eigenvalue weighted by molar-refractivity contribution is 0.414. The monoisotopic (exact) mass is 283 g/mol. The zero-order valence-corrected chi connectivity index (χ0v) is 12.1. The Bertz CT molecular complexity index is 735. The van der Waals surface area contributed by atoms with Gasteiger partial charge in [-0.15, -0.1) is 0 Å². The lowest BCUT2D eigenvalue weighted by atomic mass is 10.1. The molecule has 108 valence electrons. The molecule has 3 aromatic rings. The molecule has 2 aromatic heterocycles. The number of aromatic nitrogens is 4. The van der Waals surface area contributed by atoms with Gasteiger partial charge in [-0.1, -0.05) is 12.1 Å². The number of benzene rings is 1. The van der Waals surface area contributed by atoms with E-state index >= 15 is 0 Å². The van der Waals surface area contributed by atoms with Crippen LogP contribution in [0, 0.1) is 0 Å². The molecule has 0 saturated heterocycles. The average molecular weight is 283 g/mol. The van der Waals surface area contributed by atoms with Crippen molar-refractivity contribution >= 4 is 16.9 Å². The minimum atomic E-state index is 0.799. The second-order valence-corrected chi connectivity index (χ2v) is 4.75. The van der Waals surface area contributed by atoms with Crippen LogP contribution in [-0.2, 0) is 13.5 Å². The average Bonchev–Trinajstić information content (AvgIpc) is 2.91. The fourth-order valence-corrected chi connectivity index (χ4v) is 2.22. The first-order chi connectivity index (χ1) is 10.3. The molecule has 0 radical (unpaired) electrons. The van der Waals surface area contributed by atoms with E-state index in [1.54, 1.807) is 24.3 Å². The molecule has 3 rings (SSSR count). The van der Waals surface area contributed by atoms with E-state index in [1.165, 1.54) is 5.56 Å². The van der Waals surface area contributed by atoms with Crippen molar-refractivity contribution in [3.63, 3.8) is 0 Å². The minimum Gasteiger partial charge on any atom is -0.497 e. The standard InChI is InChI=1S/C15H17N5O/c1-20-15-13(9-19-20)14(17-10-18-15)16-8-7-11-3-5-12(21-2)6-4-11/h3-6,9-10H,7-8H2,1-2H3,(H,16,17,18). The van der Waals surface area contributed by atoms with Gasteiger partial charge in [0.25, 0.3) is 0 Å². The van der Waals surface area contributed by atoms with Crippen molar-refractivity contribution in [2.45, 2.75) is 6.42 Å². The predicted octanol–water partition coefficient (Wildman–Crippen LogP) is 2.03. The van der Waals surface area contributed by atoms with Gasteiger partial charge in [0, 0.05) is 13.6 Å².